The molecule has 0 saturated heterocycles. The molecule has 0 unspecified atom stereocenters. The predicted molar refractivity (Wildman–Crippen MR) is 144 cm³/mol. The maximum atomic E-state index is 11.7. The maximum absolute atomic E-state index is 11.7. The van der Waals surface area contributed by atoms with E-state index in [0.29, 0.717) is 106 Å². The predicted octanol–water partition coefficient (Wildman–Crippen LogP) is -0.139. The van der Waals surface area contributed by atoms with Crippen LogP contribution in [0, 0.1) is 0 Å². The van der Waals surface area contributed by atoms with E-state index < -0.39 is 0 Å². The summed E-state index contributed by atoms with van der Waals surface area (Å²) in [4.78, 5) is 38.3. The number of imide groups is 1. The molecule has 16 nitrogen and oxygen atoms in total. The number of hydrogen-bond donors (Lipinski definition) is 1. The molecule has 1 heterocycles. The van der Waals surface area contributed by atoms with Crippen LogP contribution < -0.4 is 5.32 Å². The molecule has 1 rings (SSSR count). The summed E-state index contributed by atoms with van der Waals surface area (Å²) in [6.45, 7) is 7.53. The Labute approximate surface area is 240 Å². The van der Waals surface area contributed by atoms with Crippen molar-refractivity contribution in [3.8, 4) is 0 Å². The lowest BCUT2D eigenvalue weighted by Gasteiger charge is -2.14. The average molecular weight is 590 g/mol. The van der Waals surface area contributed by atoms with E-state index >= 15 is 0 Å². The number of nitrogens with one attached hydrogen (secondary N) is 1. The highest BCUT2D eigenvalue weighted by atomic mass is 16.6. The van der Waals surface area contributed by atoms with Gasteiger partial charge in [-0.2, -0.15) is 0 Å². The molecule has 234 valence electrons. The summed E-state index contributed by atoms with van der Waals surface area (Å²) < 4.78 is 42.9. The molecule has 0 spiro atoms. The van der Waals surface area contributed by atoms with Gasteiger partial charge < -0.3 is 43.2 Å². The molecule has 0 aromatic heterocycles. The van der Waals surface area contributed by atoms with E-state index in [-0.39, 0.29) is 43.8 Å². The minimum absolute atomic E-state index is 0.143. The molecule has 0 radical (unpaired) electrons. The van der Waals surface area contributed by atoms with Gasteiger partial charge in [-0.3, -0.25) is 19.3 Å². The van der Waals surface area contributed by atoms with E-state index in [2.05, 4.69) is 15.3 Å². The average Bonchev–Trinajstić information content (AvgIpc) is 3.29. The Morgan fingerprint density at radius 3 is 1.41 bits per heavy atom. The van der Waals surface area contributed by atoms with Crippen LogP contribution in [0.25, 0.3) is 10.4 Å². The lowest BCUT2D eigenvalue weighted by Crippen LogP contribution is -2.38. The highest BCUT2D eigenvalue weighted by molar-refractivity contribution is 6.12. The standard InChI is InChI=1S/C25H43N5O11/c26-29-28-5-8-35-10-12-37-14-16-39-18-20-41-22-21-40-19-17-38-15-13-36-11-9-34-7-3-23(31)27-4-6-30-24(32)1-2-25(30)33/h1-2H,3-22H2,(H,27,31). The van der Waals surface area contributed by atoms with Crippen molar-refractivity contribution < 1.29 is 52.3 Å². The second-order valence-corrected chi connectivity index (χ2v) is 8.11. The van der Waals surface area contributed by atoms with Gasteiger partial charge in [-0.15, -0.1) is 0 Å². The molecule has 3 amide bonds. The highest BCUT2D eigenvalue weighted by Gasteiger charge is 2.22. The van der Waals surface area contributed by atoms with Gasteiger partial charge in [-0.1, -0.05) is 5.11 Å². The summed E-state index contributed by atoms with van der Waals surface area (Å²) in [5.41, 5.74) is 8.12. The smallest absolute Gasteiger partial charge is 0.253 e. The van der Waals surface area contributed by atoms with Gasteiger partial charge in [0.05, 0.1) is 106 Å². The summed E-state index contributed by atoms with van der Waals surface area (Å²) in [5.74, 6) is -0.954. The number of rotatable bonds is 30. The van der Waals surface area contributed by atoms with E-state index in [1.807, 2.05) is 0 Å². The molecule has 41 heavy (non-hydrogen) atoms. The minimum atomic E-state index is -0.369. The zero-order valence-electron chi connectivity index (χ0n) is 23.6. The quantitative estimate of drug-likeness (QED) is 0.0386. The molecule has 0 aromatic carbocycles. The number of azide groups is 1. The van der Waals surface area contributed by atoms with Crippen molar-refractivity contribution in [2.24, 2.45) is 5.11 Å². The fourth-order valence-corrected chi connectivity index (χ4v) is 3.00. The maximum Gasteiger partial charge on any atom is 0.253 e. The SMILES string of the molecule is [N-]=[N+]=NCCOCCOCCOCCOCCOCCOCCOCCOCCC(=O)NCCN1C(=O)C=CC1=O. The van der Waals surface area contributed by atoms with Gasteiger partial charge in [0, 0.05) is 43.1 Å². The van der Waals surface area contributed by atoms with E-state index in [0.717, 1.165) is 4.90 Å². The fraction of sp³-hybridized carbons (Fsp3) is 0.800. The third kappa shape index (κ3) is 22.7. The van der Waals surface area contributed by atoms with Crippen molar-refractivity contribution in [1.29, 1.82) is 0 Å². The largest absolute Gasteiger partial charge is 0.379 e. The first-order chi connectivity index (χ1) is 20.1. The minimum Gasteiger partial charge on any atom is -0.379 e. The van der Waals surface area contributed by atoms with Crippen LogP contribution in [0.5, 0.6) is 0 Å². The first-order valence-corrected chi connectivity index (χ1v) is 13.6. The zero-order chi connectivity index (χ0) is 29.6. The van der Waals surface area contributed by atoms with Crippen LogP contribution in [0.1, 0.15) is 6.42 Å². The molecule has 0 bridgehead atoms. The van der Waals surface area contributed by atoms with Crippen LogP contribution in [0.15, 0.2) is 17.3 Å². The first kappa shape index (κ1) is 36.4. The molecule has 0 atom stereocenters. The topological polar surface area (TPSA) is 189 Å². The fourth-order valence-electron chi connectivity index (χ4n) is 3.00. The lowest BCUT2D eigenvalue weighted by molar-refractivity contribution is -0.137. The third-order valence-corrected chi connectivity index (χ3v) is 5.03. The van der Waals surface area contributed by atoms with E-state index in [9.17, 15) is 14.4 Å². The summed E-state index contributed by atoms with van der Waals surface area (Å²) >= 11 is 0. The van der Waals surface area contributed by atoms with Crippen LogP contribution in [-0.4, -0.2) is 148 Å². The van der Waals surface area contributed by atoms with Crippen molar-refractivity contribution in [2.75, 3.05) is 125 Å². The normalized spacial score (nSPS) is 12.7. The molecule has 1 aliphatic heterocycles. The van der Waals surface area contributed by atoms with E-state index in [1.54, 1.807) is 0 Å². The van der Waals surface area contributed by atoms with Crippen molar-refractivity contribution in [3.63, 3.8) is 0 Å². The van der Waals surface area contributed by atoms with Gasteiger partial charge >= 0.3 is 0 Å². The van der Waals surface area contributed by atoms with Crippen LogP contribution >= 0.6 is 0 Å². The first-order valence-electron chi connectivity index (χ1n) is 13.6. The Balaban J connectivity index is 1.68. The van der Waals surface area contributed by atoms with Crippen LogP contribution in [0.3, 0.4) is 0 Å². The summed E-state index contributed by atoms with van der Waals surface area (Å²) in [7, 11) is 0. The molecule has 16 heteroatoms. The Morgan fingerprint density at radius 1 is 0.659 bits per heavy atom. The number of nitrogens with zero attached hydrogens (tertiary/aromatic N) is 4. The summed E-state index contributed by atoms with van der Waals surface area (Å²) in [6, 6.07) is 0. The second kappa shape index (κ2) is 27.5. The monoisotopic (exact) mass is 589 g/mol. The molecular weight excluding hydrogens is 546 g/mol. The lowest BCUT2D eigenvalue weighted by atomic mass is 10.4. The number of carbonyl (C=O) groups excluding carboxylic acids is 3. The van der Waals surface area contributed by atoms with Crippen molar-refractivity contribution in [1.82, 2.24) is 10.2 Å². The van der Waals surface area contributed by atoms with E-state index in [4.69, 9.17) is 43.4 Å². The Hall–Kier alpha value is -2.66. The number of carbonyl (C=O) groups is 3. The highest BCUT2D eigenvalue weighted by Crippen LogP contribution is 2.01. The molecule has 0 aromatic rings. The molecule has 1 N–H and O–H groups in total. The zero-order valence-corrected chi connectivity index (χ0v) is 23.6. The van der Waals surface area contributed by atoms with Gasteiger partial charge in [0.1, 0.15) is 0 Å². The van der Waals surface area contributed by atoms with Crippen LogP contribution in [0.4, 0.5) is 0 Å². The van der Waals surface area contributed by atoms with Gasteiger partial charge in [-0.25, -0.2) is 0 Å². The second-order valence-electron chi connectivity index (χ2n) is 8.11. The molecule has 0 fully saturated rings. The van der Waals surface area contributed by atoms with Crippen molar-refractivity contribution in [3.05, 3.63) is 22.6 Å². The van der Waals surface area contributed by atoms with Gasteiger partial charge in [0.2, 0.25) is 5.91 Å². The van der Waals surface area contributed by atoms with Crippen LogP contribution in [0.2, 0.25) is 0 Å². The van der Waals surface area contributed by atoms with Crippen molar-refractivity contribution in [2.45, 2.75) is 6.42 Å². The molecular formula is C25H43N5O11. The van der Waals surface area contributed by atoms with Gasteiger partial charge in [0.15, 0.2) is 0 Å². The Bertz CT molecular complexity index is 763. The van der Waals surface area contributed by atoms with Gasteiger partial charge in [-0.05, 0) is 5.53 Å². The van der Waals surface area contributed by atoms with Crippen molar-refractivity contribution >= 4 is 17.7 Å². The summed E-state index contributed by atoms with van der Waals surface area (Å²) in [5, 5.41) is 6.00. The van der Waals surface area contributed by atoms with Gasteiger partial charge in [0.25, 0.3) is 11.8 Å². The molecule has 0 saturated carbocycles. The molecule has 0 aliphatic carbocycles. The number of ether oxygens (including phenoxy) is 8. The number of hydrogen-bond acceptors (Lipinski definition) is 12. The van der Waals surface area contributed by atoms with E-state index in [1.165, 1.54) is 12.2 Å². The summed E-state index contributed by atoms with van der Waals surface area (Å²) in [6.07, 6.45) is 2.60. The van der Waals surface area contributed by atoms with Crippen LogP contribution in [-0.2, 0) is 52.3 Å². The third-order valence-electron chi connectivity index (χ3n) is 5.03. The Kier molecular flexibility index (Phi) is 24.4. The Morgan fingerprint density at radius 2 is 1.02 bits per heavy atom. The number of amides is 3. The molecule has 1 aliphatic rings.